The fourth-order valence-electron chi connectivity index (χ4n) is 1.24. The van der Waals surface area contributed by atoms with Gasteiger partial charge in [-0.1, -0.05) is 17.5 Å². The van der Waals surface area contributed by atoms with Crippen LogP contribution in [0.5, 0.6) is 0 Å². The van der Waals surface area contributed by atoms with Crippen LogP contribution in [-0.2, 0) is 10.0 Å². The van der Waals surface area contributed by atoms with Crippen molar-refractivity contribution in [2.75, 3.05) is 14.1 Å². The molecule has 0 spiro atoms. The van der Waals surface area contributed by atoms with Crippen LogP contribution in [0.15, 0.2) is 17.0 Å². The molecule has 1 rings (SSSR count). The molecule has 0 saturated carbocycles. The number of carbonyl (C=O) groups is 1. The number of terminal acetylenes is 1. The molecule has 0 aliphatic rings. The summed E-state index contributed by atoms with van der Waals surface area (Å²) in [5.41, 5.74) is -0.243. The van der Waals surface area contributed by atoms with Crippen LogP contribution in [0.3, 0.4) is 0 Å². The van der Waals surface area contributed by atoms with Crippen LogP contribution in [0.2, 0.25) is 5.02 Å². The van der Waals surface area contributed by atoms with Crippen molar-refractivity contribution in [3.63, 3.8) is 0 Å². The van der Waals surface area contributed by atoms with Gasteiger partial charge in [-0.2, -0.15) is 0 Å². The number of halogens is 1. The van der Waals surface area contributed by atoms with E-state index in [2.05, 4.69) is 5.92 Å². The van der Waals surface area contributed by atoms with Gasteiger partial charge in [-0.05, 0) is 12.1 Å². The van der Waals surface area contributed by atoms with E-state index < -0.39 is 16.0 Å². The summed E-state index contributed by atoms with van der Waals surface area (Å²) < 4.78 is 24.8. The molecule has 5 nitrogen and oxygen atoms in total. The first-order valence-electron chi connectivity index (χ1n) is 4.67. The molecule has 0 radical (unpaired) electrons. The van der Waals surface area contributed by atoms with Crippen LogP contribution in [0.25, 0.3) is 0 Å². The highest BCUT2D eigenvalue weighted by Gasteiger charge is 2.24. The number of benzene rings is 1. The highest BCUT2D eigenvalue weighted by molar-refractivity contribution is 7.89. The van der Waals surface area contributed by atoms with Crippen LogP contribution in [0, 0.1) is 12.3 Å². The minimum absolute atomic E-state index is 0.0326. The van der Waals surface area contributed by atoms with Crippen molar-refractivity contribution in [3.05, 3.63) is 28.3 Å². The first-order valence-corrected chi connectivity index (χ1v) is 6.49. The van der Waals surface area contributed by atoms with Crippen molar-refractivity contribution in [2.45, 2.75) is 4.90 Å². The molecule has 0 amide bonds. The zero-order valence-corrected chi connectivity index (χ0v) is 11.2. The van der Waals surface area contributed by atoms with Gasteiger partial charge in [-0.15, -0.1) is 6.42 Å². The van der Waals surface area contributed by atoms with E-state index in [1.165, 1.54) is 14.1 Å². The van der Waals surface area contributed by atoms with Gasteiger partial charge in [0.25, 0.3) is 0 Å². The maximum atomic E-state index is 11.9. The third-order valence-corrected chi connectivity index (χ3v) is 4.50. The lowest BCUT2D eigenvalue weighted by molar-refractivity contribution is 0.0696. The number of sulfonamides is 1. The zero-order valence-electron chi connectivity index (χ0n) is 9.64. The summed E-state index contributed by atoms with van der Waals surface area (Å²) in [6.45, 7) is 0. The zero-order chi connectivity index (χ0) is 14.1. The maximum Gasteiger partial charge on any atom is 0.337 e. The summed E-state index contributed by atoms with van der Waals surface area (Å²) in [4.78, 5) is 10.7. The Morgan fingerprint density at radius 3 is 2.39 bits per heavy atom. The lowest BCUT2D eigenvalue weighted by Gasteiger charge is -2.13. The average molecular weight is 288 g/mol. The molecule has 0 atom stereocenters. The number of hydrogen-bond acceptors (Lipinski definition) is 3. The van der Waals surface area contributed by atoms with Gasteiger partial charge >= 0.3 is 5.97 Å². The highest BCUT2D eigenvalue weighted by Crippen LogP contribution is 2.27. The predicted molar refractivity (Wildman–Crippen MR) is 67.2 cm³/mol. The monoisotopic (exact) mass is 287 g/mol. The predicted octanol–water partition coefficient (Wildman–Crippen LogP) is 1.27. The number of carboxylic acid groups (broad SMARTS) is 1. The van der Waals surface area contributed by atoms with Gasteiger partial charge in [0, 0.05) is 19.7 Å². The van der Waals surface area contributed by atoms with E-state index in [1.807, 2.05) is 0 Å². The molecule has 1 aromatic rings. The van der Waals surface area contributed by atoms with Gasteiger partial charge in [0.05, 0.1) is 10.6 Å². The van der Waals surface area contributed by atoms with Crippen LogP contribution >= 0.6 is 11.6 Å². The topological polar surface area (TPSA) is 74.7 Å². The van der Waals surface area contributed by atoms with Crippen molar-refractivity contribution in [1.29, 1.82) is 0 Å². The molecule has 0 aromatic heterocycles. The third-order valence-electron chi connectivity index (χ3n) is 2.22. The Morgan fingerprint density at radius 1 is 1.44 bits per heavy atom. The van der Waals surface area contributed by atoms with Gasteiger partial charge in [-0.3, -0.25) is 0 Å². The Bertz CT molecular complexity index is 644. The summed E-state index contributed by atoms with van der Waals surface area (Å²) in [5, 5.41) is 8.86. The normalized spacial score (nSPS) is 11.3. The summed E-state index contributed by atoms with van der Waals surface area (Å²) in [5.74, 6) is 0.842. The van der Waals surface area contributed by atoms with Crippen molar-refractivity contribution >= 4 is 27.6 Å². The maximum absolute atomic E-state index is 11.9. The van der Waals surface area contributed by atoms with Crippen LogP contribution in [0.4, 0.5) is 0 Å². The first kappa shape index (κ1) is 14.5. The summed E-state index contributed by atoms with van der Waals surface area (Å²) in [6, 6.07) is 2.12. The molecular weight excluding hydrogens is 278 g/mol. The quantitative estimate of drug-likeness (QED) is 0.850. The fraction of sp³-hybridized carbons (Fsp3) is 0.182. The SMILES string of the molecule is C#Cc1cc(Cl)c(S(=O)(=O)N(C)C)cc1C(=O)O. The number of hydrogen-bond donors (Lipinski definition) is 1. The van der Waals surface area contributed by atoms with Crippen molar-refractivity contribution < 1.29 is 18.3 Å². The molecule has 1 aromatic carbocycles. The Balaban J connectivity index is 3.65. The first-order chi connectivity index (χ1) is 8.21. The van der Waals surface area contributed by atoms with E-state index in [0.29, 0.717) is 0 Å². The molecule has 0 bridgehead atoms. The molecule has 0 fully saturated rings. The van der Waals surface area contributed by atoms with Gasteiger partial charge in [0.15, 0.2) is 0 Å². The van der Waals surface area contributed by atoms with E-state index in [4.69, 9.17) is 23.1 Å². The largest absolute Gasteiger partial charge is 0.478 e. The van der Waals surface area contributed by atoms with E-state index >= 15 is 0 Å². The van der Waals surface area contributed by atoms with Gasteiger partial charge in [0.1, 0.15) is 4.90 Å². The molecule has 7 heteroatoms. The highest BCUT2D eigenvalue weighted by atomic mass is 35.5. The van der Waals surface area contributed by atoms with Gasteiger partial charge in [0.2, 0.25) is 10.0 Å². The molecule has 1 N–H and O–H groups in total. The summed E-state index contributed by atoms with van der Waals surface area (Å²) >= 11 is 5.82. The summed E-state index contributed by atoms with van der Waals surface area (Å²) in [7, 11) is -1.18. The van der Waals surface area contributed by atoms with E-state index in [-0.39, 0.29) is 21.0 Å². The molecule has 0 heterocycles. The Morgan fingerprint density at radius 2 is 2.00 bits per heavy atom. The molecule has 0 aliphatic heterocycles. The minimum Gasteiger partial charge on any atom is -0.478 e. The fourth-order valence-corrected chi connectivity index (χ4v) is 2.67. The molecule has 0 saturated heterocycles. The van der Waals surface area contributed by atoms with Gasteiger partial charge in [-0.25, -0.2) is 17.5 Å². The van der Waals surface area contributed by atoms with Crippen molar-refractivity contribution in [3.8, 4) is 12.3 Å². The number of rotatable bonds is 3. The van der Waals surface area contributed by atoms with Crippen LogP contribution < -0.4 is 0 Å². The number of aromatic carboxylic acids is 1. The van der Waals surface area contributed by atoms with Crippen molar-refractivity contribution in [2.24, 2.45) is 0 Å². The lowest BCUT2D eigenvalue weighted by Crippen LogP contribution is -2.23. The molecule has 18 heavy (non-hydrogen) atoms. The molecule has 96 valence electrons. The standard InChI is InChI=1S/C11H10ClNO4S/c1-4-7-5-9(12)10(6-8(7)11(14)15)18(16,17)13(2)3/h1,5-6H,2-3H3,(H,14,15). The summed E-state index contributed by atoms with van der Waals surface area (Å²) in [6.07, 6.45) is 5.14. The Kier molecular flexibility index (Phi) is 4.02. The van der Waals surface area contributed by atoms with Gasteiger partial charge < -0.3 is 5.11 Å². The Hall–Kier alpha value is -1.55. The Labute approximate surface area is 110 Å². The second-order valence-corrected chi connectivity index (χ2v) is 6.09. The molecular formula is C11H10ClNO4S. The van der Waals surface area contributed by atoms with E-state index in [0.717, 1.165) is 16.4 Å². The minimum atomic E-state index is -3.82. The second-order valence-electron chi connectivity index (χ2n) is 3.57. The second kappa shape index (κ2) is 4.98. The number of nitrogens with zero attached hydrogens (tertiary/aromatic N) is 1. The van der Waals surface area contributed by atoms with Crippen LogP contribution in [0.1, 0.15) is 15.9 Å². The van der Waals surface area contributed by atoms with Crippen LogP contribution in [-0.4, -0.2) is 37.9 Å². The van der Waals surface area contributed by atoms with E-state index in [9.17, 15) is 13.2 Å². The lowest BCUT2D eigenvalue weighted by atomic mass is 10.1. The average Bonchev–Trinajstić information content (AvgIpc) is 2.27. The van der Waals surface area contributed by atoms with E-state index in [1.54, 1.807) is 0 Å². The molecule has 0 aliphatic carbocycles. The third kappa shape index (κ3) is 2.48. The smallest absolute Gasteiger partial charge is 0.337 e. The molecule has 0 unspecified atom stereocenters. The van der Waals surface area contributed by atoms with Crippen molar-refractivity contribution in [1.82, 2.24) is 4.31 Å². The number of carboxylic acids is 1.